The smallest absolute Gasteiger partial charge is 0.306 e. The highest BCUT2D eigenvalue weighted by Gasteiger charge is 2.78. The van der Waals surface area contributed by atoms with E-state index in [0.717, 1.165) is 0 Å². The van der Waals surface area contributed by atoms with Gasteiger partial charge in [0, 0.05) is 29.1 Å². The predicted octanol–water partition coefficient (Wildman–Crippen LogP) is 6.25. The lowest BCUT2D eigenvalue weighted by Gasteiger charge is -2.64. The maximum absolute atomic E-state index is 18.1. The summed E-state index contributed by atoms with van der Waals surface area (Å²) < 4.78 is 59.9. The van der Waals surface area contributed by atoms with Crippen LogP contribution in [0.2, 0.25) is 0 Å². The zero-order valence-electron chi connectivity index (χ0n) is 23.0. The van der Waals surface area contributed by atoms with Gasteiger partial charge >= 0.3 is 5.97 Å². The molecule has 4 rings (SSSR count). The van der Waals surface area contributed by atoms with Crippen molar-refractivity contribution in [3.8, 4) is 0 Å². The maximum atomic E-state index is 18.1. The van der Waals surface area contributed by atoms with Gasteiger partial charge in [0.15, 0.2) is 17.1 Å². The molecule has 1 unspecified atom stereocenters. The first-order chi connectivity index (χ1) is 17.8. The summed E-state index contributed by atoms with van der Waals surface area (Å²) in [6.07, 6.45) is 1.75. The van der Waals surface area contributed by atoms with Crippen LogP contribution in [0, 0.1) is 28.6 Å². The van der Waals surface area contributed by atoms with Gasteiger partial charge in [0.25, 0.3) is 0 Å². The second-order valence-corrected chi connectivity index (χ2v) is 12.8. The average molecular weight is 557 g/mol. The van der Waals surface area contributed by atoms with E-state index in [-0.39, 0.29) is 36.7 Å². The van der Waals surface area contributed by atoms with E-state index >= 15 is 8.78 Å². The molecule has 0 heterocycles. The molecule has 0 aliphatic heterocycles. The largest absolute Gasteiger partial charge is 0.449 e. The maximum Gasteiger partial charge on any atom is 0.306 e. The monoisotopic (exact) mass is 556 g/mol. The van der Waals surface area contributed by atoms with Crippen molar-refractivity contribution in [2.24, 2.45) is 28.6 Å². The molecule has 9 heteroatoms. The van der Waals surface area contributed by atoms with Crippen LogP contribution in [0.5, 0.6) is 0 Å². The number of halogens is 3. The number of hydrogen-bond donors (Lipinski definition) is 0. The molecule has 0 aromatic carbocycles. The van der Waals surface area contributed by atoms with Crippen molar-refractivity contribution in [2.45, 2.75) is 103 Å². The fraction of sp³-hybridized carbons (Fsp3) is 0.759. The molecule has 0 spiro atoms. The minimum atomic E-state index is -2.09. The molecule has 4 aliphatic carbocycles. The van der Waals surface area contributed by atoms with E-state index in [1.165, 1.54) is 18.2 Å². The molecule has 10 atom stereocenters. The Morgan fingerprint density at radius 1 is 1.21 bits per heavy atom. The SMILES string of the molecule is CCC(=O)O[C@]1(C(=O)SCF)[C@H](C)C[C@H]2[C@@H]3C[C@H](F)C4=CC(=O)C=C[C@]4(C)[C@@]3(F)[C@@H](OC(C)CC)C[C@@]21C. The zero-order chi connectivity index (χ0) is 28.3. The molecular weight excluding hydrogens is 517 g/mol. The van der Waals surface area contributed by atoms with Gasteiger partial charge in [0.1, 0.15) is 12.2 Å². The Morgan fingerprint density at radius 2 is 1.89 bits per heavy atom. The van der Waals surface area contributed by atoms with Gasteiger partial charge in [0.2, 0.25) is 5.12 Å². The quantitative estimate of drug-likeness (QED) is 0.345. The second-order valence-electron chi connectivity index (χ2n) is 11.9. The number of ether oxygens (including phenoxy) is 2. The van der Waals surface area contributed by atoms with Crippen LogP contribution in [0.4, 0.5) is 13.2 Å². The first-order valence-corrected chi connectivity index (χ1v) is 14.6. The number of ketones is 1. The first kappa shape index (κ1) is 29.4. The number of allylic oxidation sites excluding steroid dienone is 4. The minimum Gasteiger partial charge on any atom is -0.449 e. The van der Waals surface area contributed by atoms with E-state index in [1.807, 2.05) is 13.8 Å². The van der Waals surface area contributed by atoms with Gasteiger partial charge < -0.3 is 9.47 Å². The van der Waals surface area contributed by atoms with Crippen LogP contribution in [0.25, 0.3) is 0 Å². The second kappa shape index (κ2) is 10.1. The number of rotatable bonds is 7. The Kier molecular flexibility index (Phi) is 7.80. The molecule has 38 heavy (non-hydrogen) atoms. The highest BCUT2D eigenvalue weighted by Crippen LogP contribution is 2.72. The molecule has 5 nitrogen and oxygen atoms in total. The summed E-state index contributed by atoms with van der Waals surface area (Å²) >= 11 is 0.455. The molecule has 0 saturated heterocycles. The van der Waals surface area contributed by atoms with Crippen LogP contribution in [0.1, 0.15) is 73.6 Å². The third kappa shape index (κ3) is 3.88. The van der Waals surface area contributed by atoms with Crippen molar-refractivity contribution < 1.29 is 37.0 Å². The third-order valence-corrected chi connectivity index (χ3v) is 10.8. The molecule has 3 fully saturated rings. The Bertz CT molecular complexity index is 1060. The van der Waals surface area contributed by atoms with Gasteiger partial charge in [-0.05, 0) is 74.9 Å². The van der Waals surface area contributed by atoms with Gasteiger partial charge in [-0.3, -0.25) is 14.4 Å². The molecule has 0 bridgehead atoms. The lowest BCUT2D eigenvalue weighted by atomic mass is 9.44. The molecule has 0 radical (unpaired) electrons. The number of hydrogen-bond acceptors (Lipinski definition) is 6. The summed E-state index contributed by atoms with van der Waals surface area (Å²) in [6.45, 7) is 10.6. The van der Waals surface area contributed by atoms with Gasteiger partial charge in [-0.15, -0.1) is 0 Å². The molecule has 212 valence electrons. The fourth-order valence-corrected chi connectivity index (χ4v) is 8.90. The Labute approximate surface area is 227 Å². The van der Waals surface area contributed by atoms with Crippen LogP contribution < -0.4 is 0 Å². The molecule has 0 amide bonds. The lowest BCUT2D eigenvalue weighted by Crippen LogP contribution is -2.71. The predicted molar refractivity (Wildman–Crippen MR) is 139 cm³/mol. The first-order valence-electron chi connectivity index (χ1n) is 13.6. The summed E-state index contributed by atoms with van der Waals surface area (Å²) in [5.41, 5.74) is -6.24. The van der Waals surface area contributed by atoms with Gasteiger partial charge in [-0.2, -0.15) is 0 Å². The summed E-state index contributed by atoms with van der Waals surface area (Å²) in [7, 11) is 0. The van der Waals surface area contributed by atoms with Crippen molar-refractivity contribution in [1.82, 2.24) is 0 Å². The molecule has 0 aromatic heterocycles. The van der Waals surface area contributed by atoms with E-state index in [0.29, 0.717) is 24.6 Å². The minimum absolute atomic E-state index is 0.0175. The van der Waals surface area contributed by atoms with Crippen molar-refractivity contribution in [3.63, 3.8) is 0 Å². The zero-order valence-corrected chi connectivity index (χ0v) is 23.8. The molecule has 3 saturated carbocycles. The van der Waals surface area contributed by atoms with E-state index in [9.17, 15) is 18.8 Å². The normalized spacial score (nSPS) is 44.5. The van der Waals surface area contributed by atoms with Crippen LogP contribution in [0.15, 0.2) is 23.8 Å². The van der Waals surface area contributed by atoms with Crippen LogP contribution in [0.3, 0.4) is 0 Å². The summed E-state index contributed by atoms with van der Waals surface area (Å²) in [6, 6.07) is -0.987. The Morgan fingerprint density at radius 3 is 2.50 bits per heavy atom. The van der Waals surface area contributed by atoms with Gasteiger partial charge in [-0.25, -0.2) is 13.2 Å². The van der Waals surface area contributed by atoms with Crippen molar-refractivity contribution >= 4 is 28.6 Å². The summed E-state index contributed by atoms with van der Waals surface area (Å²) in [4.78, 5) is 38.6. The van der Waals surface area contributed by atoms with E-state index in [4.69, 9.17) is 9.47 Å². The van der Waals surface area contributed by atoms with E-state index < -0.39 is 69.2 Å². The molecule has 0 N–H and O–H groups in total. The number of fused-ring (bicyclic) bond motifs is 5. The number of thioether (sulfide) groups is 1. The Hall–Kier alpha value is -1.61. The molecule has 4 aliphatic rings. The Balaban J connectivity index is 1.94. The molecular formula is C29H39F3O5S. The fourth-order valence-electron chi connectivity index (χ4n) is 8.11. The van der Waals surface area contributed by atoms with Crippen LogP contribution in [-0.4, -0.2) is 52.5 Å². The number of alkyl halides is 3. The van der Waals surface area contributed by atoms with Crippen LogP contribution in [-0.2, 0) is 23.9 Å². The standard InChI is InChI=1S/C29H39F3O5S/c1-7-17(4)36-23-14-27(6)19(11-16(3)29(27,25(35)38-15-30)37-24(34)8-2)20-13-22(31)21-12-18(33)9-10-26(21,5)28(20,23)32/h9-10,12,16-17,19-20,22-23H,7-8,11,13-15H2,1-6H3/t16-,17?,19+,20+,22+,23+,26+,27+,28+,29+/m1/s1. The highest BCUT2D eigenvalue weighted by atomic mass is 32.2. The number of esters is 1. The van der Waals surface area contributed by atoms with E-state index in [2.05, 4.69) is 0 Å². The number of carbonyl (C=O) groups is 3. The van der Waals surface area contributed by atoms with Crippen molar-refractivity contribution in [3.05, 3.63) is 23.8 Å². The number of carbonyl (C=O) groups excluding carboxylic acids is 3. The highest BCUT2D eigenvalue weighted by molar-refractivity contribution is 8.13. The van der Waals surface area contributed by atoms with Gasteiger partial charge in [0.05, 0.1) is 12.2 Å². The lowest BCUT2D eigenvalue weighted by molar-refractivity contribution is -0.246. The van der Waals surface area contributed by atoms with Gasteiger partial charge in [-0.1, -0.05) is 33.8 Å². The topological polar surface area (TPSA) is 69.7 Å². The third-order valence-electron chi connectivity index (χ3n) is 10.2. The molecule has 0 aromatic rings. The van der Waals surface area contributed by atoms with E-state index in [1.54, 1.807) is 27.7 Å². The summed E-state index contributed by atoms with van der Waals surface area (Å²) in [5, 5.41) is -0.601. The van der Waals surface area contributed by atoms with Crippen molar-refractivity contribution in [1.29, 1.82) is 0 Å². The average Bonchev–Trinajstić information content (AvgIpc) is 3.09. The van der Waals surface area contributed by atoms with Crippen molar-refractivity contribution in [2.75, 3.05) is 6.01 Å². The van der Waals surface area contributed by atoms with Crippen LogP contribution >= 0.6 is 11.8 Å². The summed E-state index contributed by atoms with van der Waals surface area (Å²) in [5.74, 6) is -2.96.